The largest absolute Gasteiger partial charge is 0.307 e. The second-order valence-electron chi connectivity index (χ2n) is 6.45. The molecule has 0 aromatic heterocycles. The third-order valence-corrected chi connectivity index (χ3v) is 4.63. The minimum atomic E-state index is -0.390. The Morgan fingerprint density at radius 2 is 1.89 bits per heavy atom. The van der Waals surface area contributed by atoms with Crippen molar-refractivity contribution in [3.05, 3.63) is 35.9 Å². The number of Topliss-reactive ketones (excluding diaryl/α,β-unsaturated/α-hetero) is 1. The van der Waals surface area contributed by atoms with Crippen molar-refractivity contribution in [3.8, 4) is 0 Å². The minimum Gasteiger partial charge on any atom is -0.307 e. The summed E-state index contributed by atoms with van der Waals surface area (Å²) in [7, 11) is 0. The zero-order valence-corrected chi connectivity index (χ0v) is 12.5. The van der Waals surface area contributed by atoms with Gasteiger partial charge in [-0.2, -0.15) is 0 Å². The molecule has 1 atom stereocenters. The number of carbonyl (C=O) groups is 1. The van der Waals surface area contributed by atoms with Crippen molar-refractivity contribution in [2.24, 2.45) is 11.3 Å². The van der Waals surface area contributed by atoms with Gasteiger partial charge in [-0.25, -0.2) is 0 Å². The van der Waals surface area contributed by atoms with E-state index < -0.39 is 0 Å². The van der Waals surface area contributed by atoms with Gasteiger partial charge in [0.05, 0.1) is 5.54 Å². The smallest absolute Gasteiger partial charge is 0.143 e. The summed E-state index contributed by atoms with van der Waals surface area (Å²) >= 11 is 0. The summed E-state index contributed by atoms with van der Waals surface area (Å²) in [6.45, 7) is 9.18. The van der Waals surface area contributed by atoms with E-state index in [9.17, 15) is 4.79 Å². The maximum atomic E-state index is 12.7. The molecule has 1 saturated heterocycles. The van der Waals surface area contributed by atoms with E-state index >= 15 is 0 Å². The quantitative estimate of drug-likeness (QED) is 0.896. The third-order valence-electron chi connectivity index (χ3n) is 4.63. The molecule has 0 amide bonds. The Bertz CT molecular complexity index is 442. The second kappa shape index (κ2) is 5.09. The summed E-state index contributed by atoms with van der Waals surface area (Å²) in [5, 5.41) is 3.64. The van der Waals surface area contributed by atoms with Crippen molar-refractivity contribution in [1.82, 2.24) is 5.32 Å². The first-order valence-corrected chi connectivity index (χ1v) is 7.27. The van der Waals surface area contributed by atoms with Gasteiger partial charge in [0.25, 0.3) is 0 Å². The maximum Gasteiger partial charge on any atom is 0.143 e. The van der Waals surface area contributed by atoms with Gasteiger partial charge in [-0.15, -0.1) is 0 Å². The van der Waals surface area contributed by atoms with Gasteiger partial charge < -0.3 is 5.32 Å². The molecule has 0 saturated carbocycles. The van der Waals surface area contributed by atoms with E-state index in [0.717, 1.165) is 19.4 Å². The van der Waals surface area contributed by atoms with Crippen molar-refractivity contribution >= 4 is 5.78 Å². The molecule has 1 aliphatic heterocycles. The number of hydrogen-bond acceptors (Lipinski definition) is 2. The van der Waals surface area contributed by atoms with Gasteiger partial charge in [-0.05, 0) is 24.9 Å². The number of nitrogens with one attached hydrogen (secondary N) is 1. The zero-order chi connectivity index (χ0) is 14.1. The van der Waals surface area contributed by atoms with Gasteiger partial charge in [0, 0.05) is 11.3 Å². The standard InChI is InChI=1S/C17H25NO/c1-13(2)15(19)16(3,4)17(11-8-12-18-17)14-9-6-5-7-10-14/h5-7,9-10,13,18H,8,11-12H2,1-4H3. The van der Waals surface area contributed by atoms with E-state index in [0.29, 0.717) is 5.78 Å². The lowest BCUT2D eigenvalue weighted by molar-refractivity contribution is -0.135. The number of rotatable bonds is 4. The summed E-state index contributed by atoms with van der Waals surface area (Å²) in [5.41, 5.74) is 0.640. The van der Waals surface area contributed by atoms with Crippen LogP contribution in [0.5, 0.6) is 0 Å². The average molecular weight is 259 g/mol. The van der Waals surface area contributed by atoms with E-state index in [1.165, 1.54) is 5.56 Å². The van der Waals surface area contributed by atoms with Crippen LogP contribution >= 0.6 is 0 Å². The van der Waals surface area contributed by atoms with Gasteiger partial charge >= 0.3 is 0 Å². The predicted octanol–water partition coefficient (Wildman–Crippen LogP) is 3.52. The molecule has 0 bridgehead atoms. The van der Waals surface area contributed by atoms with Crippen molar-refractivity contribution in [2.75, 3.05) is 6.54 Å². The lowest BCUT2D eigenvalue weighted by Gasteiger charge is -2.45. The monoisotopic (exact) mass is 259 g/mol. The van der Waals surface area contributed by atoms with Gasteiger partial charge in [-0.1, -0.05) is 58.0 Å². The lowest BCUT2D eigenvalue weighted by atomic mass is 9.63. The summed E-state index contributed by atoms with van der Waals surface area (Å²) in [5.74, 6) is 0.406. The van der Waals surface area contributed by atoms with Gasteiger partial charge in [0.1, 0.15) is 5.78 Å². The summed E-state index contributed by atoms with van der Waals surface area (Å²) in [6.07, 6.45) is 2.16. The molecule has 2 heteroatoms. The molecule has 2 rings (SSSR count). The van der Waals surface area contributed by atoms with Gasteiger partial charge in [0.15, 0.2) is 0 Å². The molecule has 0 radical (unpaired) electrons. The average Bonchev–Trinajstić information content (AvgIpc) is 2.89. The fourth-order valence-electron chi connectivity index (χ4n) is 3.54. The molecular formula is C17H25NO. The van der Waals surface area contributed by atoms with Crippen LogP contribution in [0.3, 0.4) is 0 Å². The topological polar surface area (TPSA) is 29.1 Å². The highest BCUT2D eigenvalue weighted by atomic mass is 16.1. The number of benzene rings is 1. The normalized spacial score (nSPS) is 23.8. The van der Waals surface area contributed by atoms with Crippen LogP contribution in [0.4, 0.5) is 0 Å². The molecule has 2 nitrogen and oxygen atoms in total. The summed E-state index contributed by atoms with van der Waals surface area (Å²) < 4.78 is 0. The number of hydrogen-bond donors (Lipinski definition) is 1. The Morgan fingerprint density at radius 3 is 2.37 bits per heavy atom. The Kier molecular flexibility index (Phi) is 3.82. The van der Waals surface area contributed by atoms with Crippen LogP contribution in [0, 0.1) is 11.3 Å². The zero-order valence-electron chi connectivity index (χ0n) is 12.5. The molecule has 1 aromatic rings. The van der Waals surface area contributed by atoms with Crippen LogP contribution in [0.2, 0.25) is 0 Å². The molecule has 0 spiro atoms. The highest BCUT2D eigenvalue weighted by Gasteiger charge is 2.52. The first-order chi connectivity index (χ1) is 8.92. The Balaban J connectivity index is 2.49. The van der Waals surface area contributed by atoms with Crippen LogP contribution < -0.4 is 5.32 Å². The first-order valence-electron chi connectivity index (χ1n) is 7.27. The third kappa shape index (κ3) is 2.23. The van der Waals surface area contributed by atoms with Crippen LogP contribution in [-0.2, 0) is 10.3 Å². The number of carbonyl (C=O) groups excluding carboxylic acids is 1. The SMILES string of the molecule is CC(C)C(=O)C(C)(C)C1(c2ccccc2)CCCN1. The molecule has 1 unspecified atom stereocenters. The molecule has 1 N–H and O–H groups in total. The van der Waals surface area contributed by atoms with Crippen LogP contribution in [0.15, 0.2) is 30.3 Å². The summed E-state index contributed by atoms with van der Waals surface area (Å²) in [4.78, 5) is 12.7. The molecule has 1 fully saturated rings. The first kappa shape index (κ1) is 14.3. The van der Waals surface area contributed by atoms with Crippen molar-refractivity contribution in [2.45, 2.75) is 46.1 Å². The Hall–Kier alpha value is -1.15. The van der Waals surface area contributed by atoms with E-state index in [1.54, 1.807) is 0 Å². The molecule has 104 valence electrons. The second-order valence-corrected chi connectivity index (χ2v) is 6.45. The van der Waals surface area contributed by atoms with E-state index in [1.807, 2.05) is 19.9 Å². The Labute approximate surface area is 116 Å². The van der Waals surface area contributed by atoms with Crippen molar-refractivity contribution in [3.63, 3.8) is 0 Å². The minimum absolute atomic E-state index is 0.0676. The molecular weight excluding hydrogens is 234 g/mol. The van der Waals surface area contributed by atoms with Crippen LogP contribution in [0.1, 0.15) is 46.1 Å². The van der Waals surface area contributed by atoms with Crippen molar-refractivity contribution < 1.29 is 4.79 Å². The van der Waals surface area contributed by atoms with E-state index in [-0.39, 0.29) is 16.9 Å². The van der Waals surface area contributed by atoms with E-state index in [4.69, 9.17) is 0 Å². The fourth-order valence-corrected chi connectivity index (χ4v) is 3.54. The Morgan fingerprint density at radius 1 is 1.26 bits per heavy atom. The highest BCUT2D eigenvalue weighted by Crippen LogP contribution is 2.47. The van der Waals surface area contributed by atoms with Crippen LogP contribution in [-0.4, -0.2) is 12.3 Å². The van der Waals surface area contributed by atoms with Crippen LogP contribution in [0.25, 0.3) is 0 Å². The van der Waals surface area contributed by atoms with Crippen molar-refractivity contribution in [1.29, 1.82) is 0 Å². The summed E-state index contributed by atoms with van der Waals surface area (Å²) in [6, 6.07) is 10.4. The fraction of sp³-hybridized carbons (Fsp3) is 0.588. The molecule has 1 aliphatic rings. The van der Waals surface area contributed by atoms with E-state index in [2.05, 4.69) is 43.4 Å². The van der Waals surface area contributed by atoms with Gasteiger partial charge in [-0.3, -0.25) is 4.79 Å². The van der Waals surface area contributed by atoms with Gasteiger partial charge in [0.2, 0.25) is 0 Å². The molecule has 19 heavy (non-hydrogen) atoms. The molecule has 1 aromatic carbocycles. The highest BCUT2D eigenvalue weighted by molar-refractivity contribution is 5.87. The maximum absolute atomic E-state index is 12.7. The number of ketones is 1. The predicted molar refractivity (Wildman–Crippen MR) is 79.0 cm³/mol. The lowest BCUT2D eigenvalue weighted by Crippen LogP contribution is -2.54. The molecule has 1 heterocycles. The molecule has 0 aliphatic carbocycles.